The van der Waals surface area contributed by atoms with Crippen molar-refractivity contribution in [3.05, 3.63) is 57.8 Å². The topological polar surface area (TPSA) is 109 Å². The van der Waals surface area contributed by atoms with Crippen LogP contribution < -0.4 is 10.0 Å². The summed E-state index contributed by atoms with van der Waals surface area (Å²) in [6.07, 6.45) is 3.00. The molecule has 1 atom stereocenters. The number of hydrogen-bond acceptors (Lipinski definition) is 7. The van der Waals surface area contributed by atoms with E-state index >= 15 is 0 Å². The van der Waals surface area contributed by atoms with Crippen molar-refractivity contribution in [2.24, 2.45) is 0 Å². The summed E-state index contributed by atoms with van der Waals surface area (Å²) in [6.45, 7) is 5.11. The molecule has 0 fully saturated rings. The summed E-state index contributed by atoms with van der Waals surface area (Å²) < 4.78 is 10.7. The Morgan fingerprint density at radius 1 is 1.23 bits per heavy atom. The molecule has 1 aliphatic heterocycles. The molecule has 0 bridgehead atoms. The van der Waals surface area contributed by atoms with Crippen molar-refractivity contribution in [2.75, 3.05) is 13.2 Å². The Morgan fingerprint density at radius 3 is 2.38 bits per heavy atom. The lowest BCUT2D eigenvalue weighted by atomic mass is 9.81. The Balaban J connectivity index is 2.70. The van der Waals surface area contributed by atoms with Gasteiger partial charge < -0.3 is 20.0 Å². The zero-order valence-corrected chi connectivity index (χ0v) is 14.8. The molecule has 1 aromatic heterocycles. The fraction of sp³-hybridized carbons (Fsp3) is 0.333. The Bertz CT molecular complexity index is 797. The van der Waals surface area contributed by atoms with Gasteiger partial charge in [0.25, 0.3) is 0 Å². The van der Waals surface area contributed by atoms with Crippen LogP contribution in [0.15, 0.2) is 47.1 Å². The van der Waals surface area contributed by atoms with Gasteiger partial charge in [-0.15, -0.1) is 0 Å². The van der Waals surface area contributed by atoms with E-state index in [2.05, 4.69) is 5.32 Å². The van der Waals surface area contributed by atoms with Gasteiger partial charge in [0.15, 0.2) is 18.7 Å². The Labute approximate surface area is 150 Å². The second-order valence-corrected chi connectivity index (χ2v) is 5.48. The summed E-state index contributed by atoms with van der Waals surface area (Å²) in [5, 5.41) is 14.5. The Kier molecular flexibility index (Phi) is 6.11. The zero-order chi connectivity index (χ0) is 19.3. The lowest BCUT2D eigenvalue weighted by Gasteiger charge is -2.29. The van der Waals surface area contributed by atoms with Crippen molar-refractivity contribution in [1.82, 2.24) is 5.32 Å². The maximum Gasteiger partial charge on any atom is 0.337 e. The number of pyridine rings is 1. The SMILES string of the molecule is CCOC(=O)C1=C(C)NC(C=O)=C(C(=O)OCC)C1c1ccc[n+]([O-])c1. The molecular weight excluding hydrogens is 340 g/mol. The standard InChI is InChI=1S/C18H20N2O6/c1-4-25-17(22)14-11(3)19-13(10-21)16(18(23)26-5-2)15(14)12-7-6-8-20(24)9-12/h6-10,15,19H,4-5H2,1-3H3. The molecule has 138 valence electrons. The van der Waals surface area contributed by atoms with E-state index in [-0.39, 0.29) is 30.1 Å². The molecule has 0 saturated heterocycles. The van der Waals surface area contributed by atoms with Gasteiger partial charge >= 0.3 is 11.9 Å². The molecule has 0 spiro atoms. The molecule has 8 nitrogen and oxygen atoms in total. The van der Waals surface area contributed by atoms with Crippen LogP contribution in [0.25, 0.3) is 0 Å². The normalized spacial score (nSPS) is 16.8. The van der Waals surface area contributed by atoms with Crippen molar-refractivity contribution in [2.45, 2.75) is 26.7 Å². The first-order chi connectivity index (χ1) is 12.4. The van der Waals surface area contributed by atoms with Crippen molar-refractivity contribution < 1.29 is 28.6 Å². The van der Waals surface area contributed by atoms with Gasteiger partial charge in [-0.2, -0.15) is 4.73 Å². The fourth-order valence-corrected chi connectivity index (χ4v) is 2.84. The molecule has 0 saturated carbocycles. The van der Waals surface area contributed by atoms with Crippen LogP contribution in [-0.4, -0.2) is 31.4 Å². The molecule has 26 heavy (non-hydrogen) atoms. The summed E-state index contributed by atoms with van der Waals surface area (Å²) in [7, 11) is 0. The third kappa shape index (κ3) is 3.74. The van der Waals surface area contributed by atoms with E-state index in [1.54, 1.807) is 26.8 Å². The van der Waals surface area contributed by atoms with E-state index in [1.807, 2.05) is 0 Å². The number of aromatic nitrogens is 1. The highest BCUT2D eigenvalue weighted by Crippen LogP contribution is 2.38. The lowest BCUT2D eigenvalue weighted by molar-refractivity contribution is -0.605. The van der Waals surface area contributed by atoms with E-state index in [4.69, 9.17) is 9.47 Å². The smallest absolute Gasteiger partial charge is 0.337 e. The molecule has 2 heterocycles. The molecule has 1 aliphatic rings. The van der Waals surface area contributed by atoms with E-state index in [9.17, 15) is 19.6 Å². The van der Waals surface area contributed by atoms with Gasteiger partial charge in [0.2, 0.25) is 0 Å². The minimum absolute atomic E-state index is 0.0136. The number of dihydropyridines is 1. The monoisotopic (exact) mass is 360 g/mol. The molecule has 1 aromatic rings. The lowest BCUT2D eigenvalue weighted by Crippen LogP contribution is -2.35. The van der Waals surface area contributed by atoms with Gasteiger partial charge in [-0.1, -0.05) is 0 Å². The predicted molar refractivity (Wildman–Crippen MR) is 90.3 cm³/mol. The van der Waals surface area contributed by atoms with Crippen LogP contribution in [0.3, 0.4) is 0 Å². The summed E-state index contributed by atoms with van der Waals surface area (Å²) in [5.74, 6) is -2.35. The number of allylic oxidation sites excluding steroid dienone is 2. The third-order valence-corrected chi connectivity index (χ3v) is 3.83. The van der Waals surface area contributed by atoms with Crippen LogP contribution in [0, 0.1) is 5.21 Å². The highest BCUT2D eigenvalue weighted by atomic mass is 16.5. The summed E-state index contributed by atoms with van der Waals surface area (Å²) in [5.41, 5.74) is 0.826. The number of carbonyl (C=O) groups is 3. The maximum absolute atomic E-state index is 12.5. The van der Waals surface area contributed by atoms with Crippen LogP contribution >= 0.6 is 0 Å². The highest BCUT2D eigenvalue weighted by molar-refractivity contribution is 6.03. The number of carbonyl (C=O) groups excluding carboxylic acids is 3. The van der Waals surface area contributed by atoms with E-state index in [1.165, 1.54) is 18.5 Å². The highest BCUT2D eigenvalue weighted by Gasteiger charge is 2.39. The fourth-order valence-electron chi connectivity index (χ4n) is 2.84. The van der Waals surface area contributed by atoms with E-state index in [0.717, 1.165) is 0 Å². The largest absolute Gasteiger partial charge is 0.619 e. The molecule has 0 aromatic carbocycles. The van der Waals surface area contributed by atoms with Gasteiger partial charge in [0.05, 0.1) is 36.0 Å². The molecule has 0 amide bonds. The molecule has 1 N–H and O–H groups in total. The average Bonchev–Trinajstić information content (AvgIpc) is 2.60. The zero-order valence-electron chi connectivity index (χ0n) is 14.8. The van der Waals surface area contributed by atoms with Gasteiger partial charge in [0, 0.05) is 17.3 Å². The van der Waals surface area contributed by atoms with Crippen LogP contribution in [0.1, 0.15) is 32.3 Å². The van der Waals surface area contributed by atoms with Crippen LogP contribution in [0.2, 0.25) is 0 Å². The van der Waals surface area contributed by atoms with Crippen LogP contribution in [-0.2, 0) is 23.9 Å². The van der Waals surface area contributed by atoms with Crippen molar-refractivity contribution in [1.29, 1.82) is 0 Å². The summed E-state index contributed by atoms with van der Waals surface area (Å²) >= 11 is 0. The third-order valence-electron chi connectivity index (χ3n) is 3.83. The quantitative estimate of drug-likeness (QED) is 0.347. The average molecular weight is 360 g/mol. The first-order valence-corrected chi connectivity index (χ1v) is 8.14. The number of nitrogens with one attached hydrogen (secondary N) is 1. The van der Waals surface area contributed by atoms with Gasteiger partial charge in [-0.05, 0) is 26.8 Å². The number of rotatable bonds is 6. The summed E-state index contributed by atoms with van der Waals surface area (Å²) in [6, 6.07) is 3.09. The van der Waals surface area contributed by atoms with E-state index < -0.39 is 17.9 Å². The van der Waals surface area contributed by atoms with Gasteiger partial charge in [-0.25, -0.2) is 9.59 Å². The number of ether oxygens (including phenoxy) is 2. The first-order valence-electron chi connectivity index (χ1n) is 8.14. The second kappa shape index (κ2) is 8.28. The first kappa shape index (κ1) is 19.2. The molecule has 0 aliphatic carbocycles. The Morgan fingerprint density at radius 2 is 1.85 bits per heavy atom. The van der Waals surface area contributed by atoms with Crippen LogP contribution in [0.5, 0.6) is 0 Å². The predicted octanol–water partition coefficient (Wildman–Crippen LogP) is 0.860. The minimum atomic E-state index is -0.962. The minimum Gasteiger partial charge on any atom is -0.619 e. The molecule has 0 radical (unpaired) electrons. The van der Waals surface area contributed by atoms with Crippen LogP contribution in [0.4, 0.5) is 0 Å². The van der Waals surface area contributed by atoms with Gasteiger partial charge in [-0.3, -0.25) is 4.79 Å². The molecule has 2 rings (SSSR count). The van der Waals surface area contributed by atoms with Crippen molar-refractivity contribution in [3.63, 3.8) is 0 Å². The number of nitrogens with zero attached hydrogens (tertiary/aromatic N) is 1. The number of aldehydes is 1. The summed E-state index contributed by atoms with van der Waals surface area (Å²) in [4.78, 5) is 36.6. The second-order valence-electron chi connectivity index (χ2n) is 5.48. The number of esters is 2. The van der Waals surface area contributed by atoms with Gasteiger partial charge in [0.1, 0.15) is 0 Å². The van der Waals surface area contributed by atoms with Crippen molar-refractivity contribution >= 4 is 18.2 Å². The van der Waals surface area contributed by atoms with E-state index in [0.29, 0.717) is 22.3 Å². The molecule has 1 unspecified atom stereocenters. The Hall–Kier alpha value is -3.16. The molecule has 8 heteroatoms. The van der Waals surface area contributed by atoms with Crippen molar-refractivity contribution in [3.8, 4) is 0 Å². The maximum atomic E-state index is 12.5. The number of hydrogen-bond donors (Lipinski definition) is 1. The molecular formula is C18H20N2O6.